The van der Waals surface area contributed by atoms with Crippen LogP contribution in [0.15, 0.2) is 28.8 Å². The molecule has 3 heterocycles. The maximum Gasteiger partial charge on any atom is 0.324 e. The molecule has 1 unspecified atom stereocenters. The Morgan fingerprint density at radius 2 is 1.97 bits per heavy atom. The molecule has 0 aliphatic carbocycles. The summed E-state index contributed by atoms with van der Waals surface area (Å²) in [7, 11) is 3.77. The van der Waals surface area contributed by atoms with E-state index in [0.717, 1.165) is 56.9 Å². The fraction of sp³-hybridized carbons (Fsp3) is 0.571. The maximum absolute atomic E-state index is 12.5. The molecule has 8 nitrogen and oxygen atoms in total. The van der Waals surface area contributed by atoms with E-state index in [9.17, 15) is 4.79 Å². The molecule has 1 N–H and O–H groups in total. The highest BCUT2D eigenvalue weighted by Gasteiger charge is 2.28. The number of hydrogen-bond donors (Lipinski definition) is 1. The van der Waals surface area contributed by atoms with Gasteiger partial charge in [0, 0.05) is 37.7 Å². The van der Waals surface area contributed by atoms with Crippen molar-refractivity contribution in [1.82, 2.24) is 20.4 Å². The van der Waals surface area contributed by atoms with Crippen LogP contribution in [0.1, 0.15) is 19.3 Å². The van der Waals surface area contributed by atoms with Gasteiger partial charge in [0.05, 0.1) is 7.11 Å². The molecule has 156 valence electrons. The van der Waals surface area contributed by atoms with Crippen LogP contribution in [0.4, 0.5) is 6.01 Å². The zero-order valence-corrected chi connectivity index (χ0v) is 17.1. The summed E-state index contributed by atoms with van der Waals surface area (Å²) in [5, 5.41) is 7.26. The molecule has 8 heteroatoms. The summed E-state index contributed by atoms with van der Waals surface area (Å²) in [5.41, 5.74) is 0.882. The first-order valence-electron chi connectivity index (χ1n) is 10.3. The summed E-state index contributed by atoms with van der Waals surface area (Å²) in [6, 6.07) is 8.08. The maximum atomic E-state index is 12.5. The van der Waals surface area contributed by atoms with Crippen LogP contribution in [-0.4, -0.2) is 67.8 Å². The standard InChI is InChI=1S/C21H29N5O3/c1-25-10-7-15(14-25)13-22-20(27)17-8-11-26(12-9-17)21-23-19(24-29-21)16-3-5-18(28-2)6-4-16/h3-6,15,17H,7-14H2,1-2H3,(H,22,27). The van der Waals surface area contributed by atoms with Gasteiger partial charge >= 0.3 is 6.01 Å². The summed E-state index contributed by atoms with van der Waals surface area (Å²) >= 11 is 0. The van der Waals surface area contributed by atoms with Gasteiger partial charge in [-0.2, -0.15) is 4.98 Å². The number of anilines is 1. The van der Waals surface area contributed by atoms with Crippen molar-refractivity contribution in [3.8, 4) is 17.1 Å². The van der Waals surface area contributed by atoms with E-state index in [1.165, 1.54) is 6.42 Å². The van der Waals surface area contributed by atoms with Crippen molar-refractivity contribution in [3.63, 3.8) is 0 Å². The lowest BCUT2D eigenvalue weighted by atomic mass is 9.96. The van der Waals surface area contributed by atoms with Gasteiger partial charge in [-0.1, -0.05) is 5.16 Å². The predicted molar refractivity (Wildman–Crippen MR) is 110 cm³/mol. The average Bonchev–Trinajstić information content (AvgIpc) is 3.41. The zero-order valence-electron chi connectivity index (χ0n) is 17.1. The molecule has 0 saturated carbocycles. The van der Waals surface area contributed by atoms with Crippen molar-refractivity contribution < 1.29 is 14.1 Å². The molecule has 2 aliphatic heterocycles. The molecule has 1 aromatic carbocycles. The molecule has 0 bridgehead atoms. The Morgan fingerprint density at radius 3 is 2.62 bits per heavy atom. The van der Waals surface area contributed by atoms with Crippen LogP contribution in [0.25, 0.3) is 11.4 Å². The molecule has 2 saturated heterocycles. The number of carbonyl (C=O) groups excluding carboxylic acids is 1. The van der Waals surface area contributed by atoms with Crippen molar-refractivity contribution in [1.29, 1.82) is 0 Å². The molecule has 4 rings (SSSR count). The number of likely N-dealkylation sites (tertiary alicyclic amines) is 1. The van der Waals surface area contributed by atoms with Gasteiger partial charge in [-0.3, -0.25) is 4.79 Å². The van der Waals surface area contributed by atoms with Gasteiger partial charge in [0.1, 0.15) is 5.75 Å². The van der Waals surface area contributed by atoms with Crippen LogP contribution in [0.3, 0.4) is 0 Å². The molecule has 1 atom stereocenters. The Morgan fingerprint density at radius 1 is 1.21 bits per heavy atom. The number of nitrogens with one attached hydrogen (secondary N) is 1. The molecular weight excluding hydrogens is 370 g/mol. The first-order valence-corrected chi connectivity index (χ1v) is 10.3. The summed E-state index contributed by atoms with van der Waals surface area (Å²) in [6.45, 7) is 4.48. The number of aromatic nitrogens is 2. The van der Waals surface area contributed by atoms with Gasteiger partial charge in [0.25, 0.3) is 0 Å². The Hall–Kier alpha value is -2.61. The number of carbonyl (C=O) groups is 1. The van der Waals surface area contributed by atoms with Crippen LogP contribution in [-0.2, 0) is 4.79 Å². The highest BCUT2D eigenvalue weighted by Crippen LogP contribution is 2.26. The van der Waals surface area contributed by atoms with Gasteiger partial charge in [0.2, 0.25) is 11.7 Å². The van der Waals surface area contributed by atoms with E-state index in [4.69, 9.17) is 9.26 Å². The fourth-order valence-corrected chi connectivity index (χ4v) is 4.12. The largest absolute Gasteiger partial charge is 0.497 e. The topological polar surface area (TPSA) is 83.7 Å². The number of hydrogen-bond acceptors (Lipinski definition) is 7. The quantitative estimate of drug-likeness (QED) is 0.796. The third-order valence-corrected chi connectivity index (χ3v) is 5.95. The van der Waals surface area contributed by atoms with Crippen LogP contribution in [0, 0.1) is 11.8 Å². The number of piperidine rings is 1. The SMILES string of the molecule is COc1ccc(-c2noc(N3CCC(C(=O)NCC4CCN(C)C4)CC3)n2)cc1. The second-order valence-electron chi connectivity index (χ2n) is 8.05. The van der Waals surface area contributed by atoms with Crippen molar-refractivity contribution in [3.05, 3.63) is 24.3 Å². The molecule has 29 heavy (non-hydrogen) atoms. The summed E-state index contributed by atoms with van der Waals surface area (Å²) in [4.78, 5) is 21.4. The lowest BCUT2D eigenvalue weighted by molar-refractivity contribution is -0.125. The molecule has 1 aromatic heterocycles. The number of ether oxygens (including phenoxy) is 1. The molecule has 0 radical (unpaired) electrons. The van der Waals surface area contributed by atoms with Crippen molar-refractivity contribution in [2.24, 2.45) is 11.8 Å². The first kappa shape index (κ1) is 19.7. The number of benzene rings is 1. The van der Waals surface area contributed by atoms with Gasteiger partial charge in [-0.25, -0.2) is 0 Å². The Bertz CT molecular complexity index is 814. The highest BCUT2D eigenvalue weighted by molar-refractivity contribution is 5.79. The molecule has 1 amide bonds. The van der Waals surface area contributed by atoms with Gasteiger partial charge < -0.3 is 24.4 Å². The normalized spacial score (nSPS) is 20.8. The van der Waals surface area contributed by atoms with E-state index in [1.54, 1.807) is 7.11 Å². The first-order chi connectivity index (χ1) is 14.1. The number of rotatable bonds is 6. The number of methoxy groups -OCH3 is 1. The van der Waals surface area contributed by atoms with Crippen LogP contribution in [0.5, 0.6) is 5.75 Å². The smallest absolute Gasteiger partial charge is 0.324 e. The third-order valence-electron chi connectivity index (χ3n) is 5.95. The monoisotopic (exact) mass is 399 g/mol. The van der Waals surface area contributed by atoms with Crippen molar-refractivity contribution >= 4 is 11.9 Å². The predicted octanol–water partition coefficient (Wildman–Crippen LogP) is 2.03. The highest BCUT2D eigenvalue weighted by atomic mass is 16.5. The van der Waals surface area contributed by atoms with Gasteiger partial charge in [-0.05, 0) is 63.0 Å². The van der Waals surface area contributed by atoms with Crippen LogP contribution in [0.2, 0.25) is 0 Å². The molecular formula is C21H29N5O3. The van der Waals surface area contributed by atoms with Gasteiger partial charge in [-0.15, -0.1) is 0 Å². The fourth-order valence-electron chi connectivity index (χ4n) is 4.12. The third kappa shape index (κ3) is 4.70. The summed E-state index contributed by atoms with van der Waals surface area (Å²) in [5.74, 6) is 2.18. The molecule has 2 aliphatic rings. The van der Waals surface area contributed by atoms with E-state index < -0.39 is 0 Å². The van der Waals surface area contributed by atoms with E-state index in [2.05, 4.69) is 32.3 Å². The minimum atomic E-state index is 0.0642. The van der Waals surface area contributed by atoms with Crippen LogP contribution >= 0.6 is 0 Å². The van der Waals surface area contributed by atoms with Crippen LogP contribution < -0.4 is 15.0 Å². The lowest BCUT2D eigenvalue weighted by Gasteiger charge is -2.30. The number of nitrogens with zero attached hydrogens (tertiary/aromatic N) is 4. The van der Waals surface area contributed by atoms with Crippen molar-refractivity contribution in [2.75, 3.05) is 51.8 Å². The average molecular weight is 399 g/mol. The molecule has 2 aromatic rings. The Balaban J connectivity index is 1.27. The Labute approximate surface area is 171 Å². The summed E-state index contributed by atoms with van der Waals surface area (Å²) < 4.78 is 10.6. The minimum Gasteiger partial charge on any atom is -0.497 e. The minimum absolute atomic E-state index is 0.0642. The van der Waals surface area contributed by atoms with E-state index >= 15 is 0 Å². The van der Waals surface area contributed by atoms with Gasteiger partial charge in [0.15, 0.2) is 0 Å². The number of amides is 1. The lowest BCUT2D eigenvalue weighted by Crippen LogP contribution is -2.42. The molecule has 0 spiro atoms. The Kier molecular flexibility index (Phi) is 5.99. The second-order valence-corrected chi connectivity index (χ2v) is 8.05. The van der Waals surface area contributed by atoms with Crippen molar-refractivity contribution in [2.45, 2.75) is 19.3 Å². The second kappa shape index (κ2) is 8.82. The zero-order chi connectivity index (χ0) is 20.2. The van der Waals surface area contributed by atoms with E-state index in [-0.39, 0.29) is 11.8 Å². The van der Waals surface area contributed by atoms with E-state index in [0.29, 0.717) is 17.8 Å². The summed E-state index contributed by atoms with van der Waals surface area (Å²) in [6.07, 6.45) is 2.77. The van der Waals surface area contributed by atoms with E-state index in [1.807, 2.05) is 24.3 Å². The molecule has 2 fully saturated rings.